The van der Waals surface area contributed by atoms with E-state index in [4.69, 9.17) is 4.98 Å². The Balaban J connectivity index is 1.45. The molecular weight excluding hydrogens is 326 g/mol. The first-order valence-electron chi connectivity index (χ1n) is 9.71. The summed E-state index contributed by atoms with van der Waals surface area (Å²) >= 11 is 0. The van der Waals surface area contributed by atoms with Gasteiger partial charge in [-0.25, -0.2) is 4.98 Å². The Kier molecular flexibility index (Phi) is 5.33. The van der Waals surface area contributed by atoms with Crippen molar-refractivity contribution in [2.75, 3.05) is 64.4 Å². The van der Waals surface area contributed by atoms with E-state index in [1.54, 1.807) is 0 Å². The summed E-state index contributed by atoms with van der Waals surface area (Å²) in [6, 6.07) is 7.99. The summed E-state index contributed by atoms with van der Waals surface area (Å²) in [5.41, 5.74) is 1.86. The lowest BCUT2D eigenvalue weighted by Crippen LogP contribution is -2.36. The van der Waals surface area contributed by atoms with Gasteiger partial charge >= 0.3 is 0 Å². The number of anilines is 1. The maximum Gasteiger partial charge on any atom is 0.147 e. The van der Waals surface area contributed by atoms with Crippen molar-refractivity contribution in [1.29, 1.82) is 0 Å². The van der Waals surface area contributed by atoms with Crippen molar-refractivity contribution in [2.45, 2.75) is 6.42 Å². The summed E-state index contributed by atoms with van der Waals surface area (Å²) in [4.78, 5) is 16.6. The lowest BCUT2D eigenvalue weighted by atomic mass is 9.96. The third kappa shape index (κ3) is 3.82. The Labute approximate surface area is 155 Å². The number of aliphatic hydroxyl groups is 1. The molecule has 140 valence electrons. The summed E-state index contributed by atoms with van der Waals surface area (Å²) in [7, 11) is 2.20. The Hall–Kier alpha value is -1.76. The molecule has 6 heteroatoms. The van der Waals surface area contributed by atoms with E-state index in [-0.39, 0.29) is 6.61 Å². The van der Waals surface area contributed by atoms with Crippen LogP contribution in [0.1, 0.15) is 6.42 Å². The van der Waals surface area contributed by atoms with Gasteiger partial charge in [-0.2, -0.15) is 0 Å². The van der Waals surface area contributed by atoms with Crippen LogP contribution >= 0.6 is 0 Å². The number of hydrogen-bond donors (Lipinski definition) is 1. The van der Waals surface area contributed by atoms with Gasteiger partial charge in [-0.15, -0.1) is 0 Å². The number of likely N-dealkylation sites (N-methyl/N-ethyl adjacent to an activating group) is 1. The number of hydrogen-bond acceptors (Lipinski definition) is 6. The molecule has 2 atom stereocenters. The van der Waals surface area contributed by atoms with Crippen molar-refractivity contribution < 1.29 is 5.11 Å². The smallest absolute Gasteiger partial charge is 0.147 e. The molecule has 2 aliphatic rings. The molecule has 0 saturated carbocycles. The topological polar surface area (TPSA) is 55.7 Å². The average molecular weight is 355 g/mol. The second-order valence-corrected chi connectivity index (χ2v) is 7.78. The zero-order valence-corrected chi connectivity index (χ0v) is 15.6. The highest BCUT2D eigenvalue weighted by Crippen LogP contribution is 2.28. The number of para-hydroxylation sites is 2. The van der Waals surface area contributed by atoms with Gasteiger partial charge in [-0.1, -0.05) is 12.1 Å². The van der Waals surface area contributed by atoms with Crippen LogP contribution in [0.15, 0.2) is 30.5 Å². The lowest BCUT2D eigenvalue weighted by Gasteiger charge is -2.26. The van der Waals surface area contributed by atoms with Crippen LogP contribution in [0.3, 0.4) is 0 Å². The zero-order chi connectivity index (χ0) is 17.9. The number of rotatable bonds is 4. The fraction of sp³-hybridized carbons (Fsp3) is 0.600. The van der Waals surface area contributed by atoms with Gasteiger partial charge in [0.25, 0.3) is 0 Å². The van der Waals surface area contributed by atoms with E-state index in [2.05, 4.69) is 26.7 Å². The highest BCUT2D eigenvalue weighted by atomic mass is 16.3. The van der Waals surface area contributed by atoms with Gasteiger partial charge in [0.05, 0.1) is 17.2 Å². The Morgan fingerprint density at radius 3 is 2.69 bits per heavy atom. The van der Waals surface area contributed by atoms with Gasteiger partial charge in [0.1, 0.15) is 5.82 Å². The van der Waals surface area contributed by atoms with Crippen LogP contribution in [0.4, 0.5) is 5.82 Å². The molecule has 0 radical (unpaired) electrons. The Bertz CT molecular complexity index is 739. The number of aliphatic hydroxyl groups excluding tert-OH is 1. The van der Waals surface area contributed by atoms with Crippen LogP contribution < -0.4 is 4.90 Å². The molecule has 1 N–H and O–H groups in total. The normalized spacial score (nSPS) is 25.7. The van der Waals surface area contributed by atoms with Gasteiger partial charge in [0.15, 0.2) is 0 Å². The van der Waals surface area contributed by atoms with Crippen molar-refractivity contribution in [3.05, 3.63) is 30.5 Å². The Morgan fingerprint density at radius 2 is 1.85 bits per heavy atom. The number of nitrogens with zero attached hydrogens (tertiary/aromatic N) is 5. The number of benzene rings is 1. The predicted molar refractivity (Wildman–Crippen MR) is 104 cm³/mol. The minimum Gasteiger partial charge on any atom is -0.396 e. The molecular formula is C20H29N5O. The van der Waals surface area contributed by atoms with Gasteiger partial charge in [-0.05, 0) is 44.6 Å². The van der Waals surface area contributed by atoms with E-state index in [0.717, 1.165) is 56.1 Å². The molecule has 6 nitrogen and oxygen atoms in total. The molecule has 0 spiro atoms. The molecule has 4 rings (SSSR count). The number of aromatic nitrogens is 2. The van der Waals surface area contributed by atoms with Crippen molar-refractivity contribution in [3.63, 3.8) is 0 Å². The third-order valence-corrected chi connectivity index (χ3v) is 5.88. The standard InChI is InChI=1S/C20H29N5O/c1-23-7-4-8-24(10-9-23)12-16-13-25(14-17(16)15-26)20-11-21-18-5-2-3-6-19(18)22-20/h2-3,5-6,11,16-17,26H,4,7-10,12-15H2,1H3/t16-,17-/m1/s1. The van der Waals surface area contributed by atoms with Crippen LogP contribution in [0.2, 0.25) is 0 Å². The summed E-state index contributed by atoms with van der Waals surface area (Å²) in [6.45, 7) is 7.73. The van der Waals surface area contributed by atoms with Gasteiger partial charge in [0, 0.05) is 45.2 Å². The second-order valence-electron chi connectivity index (χ2n) is 7.78. The van der Waals surface area contributed by atoms with Crippen LogP contribution in [0, 0.1) is 11.8 Å². The van der Waals surface area contributed by atoms with Crippen LogP contribution in [-0.4, -0.2) is 84.3 Å². The first kappa shape index (κ1) is 17.6. The third-order valence-electron chi connectivity index (χ3n) is 5.88. The second kappa shape index (κ2) is 7.86. The molecule has 0 unspecified atom stereocenters. The van der Waals surface area contributed by atoms with Crippen molar-refractivity contribution >= 4 is 16.9 Å². The lowest BCUT2D eigenvalue weighted by molar-refractivity contribution is 0.165. The summed E-state index contributed by atoms with van der Waals surface area (Å²) in [5.74, 6) is 1.72. The molecule has 26 heavy (non-hydrogen) atoms. The maximum atomic E-state index is 9.91. The molecule has 1 aromatic heterocycles. The summed E-state index contributed by atoms with van der Waals surface area (Å²) in [5, 5.41) is 9.91. The molecule has 0 bridgehead atoms. The fourth-order valence-corrected chi connectivity index (χ4v) is 4.25. The fourth-order valence-electron chi connectivity index (χ4n) is 4.25. The average Bonchev–Trinajstić information content (AvgIpc) is 2.97. The summed E-state index contributed by atoms with van der Waals surface area (Å²) < 4.78 is 0. The number of fused-ring (bicyclic) bond motifs is 1. The van der Waals surface area contributed by atoms with Gasteiger partial charge < -0.3 is 19.8 Å². The predicted octanol–water partition coefficient (Wildman–Crippen LogP) is 1.31. The van der Waals surface area contributed by atoms with Crippen molar-refractivity contribution in [1.82, 2.24) is 19.8 Å². The molecule has 0 amide bonds. The van der Waals surface area contributed by atoms with Crippen molar-refractivity contribution in [2.24, 2.45) is 11.8 Å². The first-order chi connectivity index (χ1) is 12.7. The zero-order valence-electron chi connectivity index (χ0n) is 15.6. The van der Waals surface area contributed by atoms with Crippen LogP contribution in [-0.2, 0) is 0 Å². The molecule has 1 aromatic carbocycles. The SMILES string of the molecule is CN1CCCN(C[C@@H]2CN(c3cnc4ccccc4n3)C[C@@H]2CO)CC1. The Morgan fingerprint density at radius 1 is 1.04 bits per heavy atom. The monoisotopic (exact) mass is 355 g/mol. The molecule has 2 aliphatic heterocycles. The quantitative estimate of drug-likeness (QED) is 0.893. The van der Waals surface area contributed by atoms with Gasteiger partial charge in [-0.3, -0.25) is 4.98 Å². The molecule has 0 aliphatic carbocycles. The molecule has 3 heterocycles. The van der Waals surface area contributed by atoms with E-state index in [1.807, 2.05) is 30.5 Å². The van der Waals surface area contributed by atoms with Crippen LogP contribution in [0.25, 0.3) is 11.0 Å². The highest BCUT2D eigenvalue weighted by molar-refractivity contribution is 5.75. The maximum absolute atomic E-state index is 9.91. The van der Waals surface area contributed by atoms with E-state index in [1.165, 1.54) is 13.0 Å². The van der Waals surface area contributed by atoms with E-state index in [0.29, 0.717) is 11.8 Å². The van der Waals surface area contributed by atoms with E-state index >= 15 is 0 Å². The largest absolute Gasteiger partial charge is 0.396 e. The van der Waals surface area contributed by atoms with Crippen molar-refractivity contribution in [3.8, 4) is 0 Å². The molecule has 2 saturated heterocycles. The molecule has 2 fully saturated rings. The minimum absolute atomic E-state index is 0.246. The molecule has 2 aromatic rings. The minimum atomic E-state index is 0.246. The highest BCUT2D eigenvalue weighted by Gasteiger charge is 2.34. The van der Waals surface area contributed by atoms with Gasteiger partial charge in [0.2, 0.25) is 0 Å². The van der Waals surface area contributed by atoms with E-state index in [9.17, 15) is 5.11 Å². The van der Waals surface area contributed by atoms with Crippen LogP contribution in [0.5, 0.6) is 0 Å². The van der Waals surface area contributed by atoms with E-state index < -0.39 is 0 Å². The summed E-state index contributed by atoms with van der Waals surface area (Å²) in [6.07, 6.45) is 3.10. The first-order valence-corrected chi connectivity index (χ1v) is 9.71.